The first-order chi connectivity index (χ1) is 4.45. The first-order valence-corrected chi connectivity index (χ1v) is 3.64. The molecule has 1 unspecified atom stereocenters. The minimum Gasteiger partial charge on any atom is -0.378 e. The van der Waals surface area contributed by atoms with Crippen LogP contribution in [0.3, 0.4) is 0 Å². The van der Waals surface area contributed by atoms with E-state index in [1.807, 2.05) is 0 Å². The number of hydrogen-bond donors (Lipinski definition) is 0. The number of hydrogen-bond acceptors (Lipinski definition) is 2. The summed E-state index contributed by atoms with van der Waals surface area (Å²) in [4.78, 5) is 0. The maximum absolute atomic E-state index is 5.36. The van der Waals surface area contributed by atoms with Crippen LogP contribution in [0.1, 0.15) is 12.8 Å². The molecule has 1 aliphatic heterocycles. The third-order valence-corrected chi connectivity index (χ3v) is 1.76. The fourth-order valence-corrected chi connectivity index (χ4v) is 0.815. The summed E-state index contributed by atoms with van der Waals surface area (Å²) in [7, 11) is 0. The lowest BCUT2D eigenvalue weighted by molar-refractivity contribution is 0.108. The van der Waals surface area contributed by atoms with Gasteiger partial charge in [0.2, 0.25) is 0 Å². The van der Waals surface area contributed by atoms with Gasteiger partial charge in [-0.2, -0.15) is 0 Å². The molecule has 2 nitrogen and oxygen atoms in total. The molecule has 0 bridgehead atoms. The second kappa shape index (κ2) is 2.27. The van der Waals surface area contributed by atoms with Crippen LogP contribution in [0.5, 0.6) is 0 Å². The summed E-state index contributed by atoms with van der Waals surface area (Å²) in [6, 6.07) is 0. The van der Waals surface area contributed by atoms with Gasteiger partial charge in [0, 0.05) is 6.61 Å². The molecule has 2 aliphatic rings. The smallest absolute Gasteiger partial charge is 0.104 e. The minimum atomic E-state index is 0.448. The summed E-state index contributed by atoms with van der Waals surface area (Å²) in [6.07, 6.45) is 3.21. The van der Waals surface area contributed by atoms with E-state index in [4.69, 9.17) is 9.47 Å². The van der Waals surface area contributed by atoms with Gasteiger partial charge in [-0.05, 0) is 18.8 Å². The van der Waals surface area contributed by atoms with Crippen LogP contribution in [0.2, 0.25) is 0 Å². The van der Waals surface area contributed by atoms with E-state index in [2.05, 4.69) is 0 Å². The molecule has 1 heterocycles. The van der Waals surface area contributed by atoms with E-state index in [0.29, 0.717) is 6.10 Å². The molecule has 1 saturated heterocycles. The van der Waals surface area contributed by atoms with Gasteiger partial charge in [-0.1, -0.05) is 0 Å². The summed E-state index contributed by atoms with van der Waals surface area (Å²) in [6.45, 7) is 2.72. The molecule has 0 N–H and O–H groups in total. The maximum atomic E-state index is 5.36. The summed E-state index contributed by atoms with van der Waals surface area (Å²) in [5, 5.41) is 0. The van der Waals surface area contributed by atoms with Crippen LogP contribution in [0, 0.1) is 5.92 Å². The molecule has 1 saturated carbocycles. The third kappa shape index (κ3) is 1.95. The van der Waals surface area contributed by atoms with Gasteiger partial charge in [0.25, 0.3) is 0 Å². The van der Waals surface area contributed by atoms with Crippen molar-refractivity contribution in [2.45, 2.75) is 18.9 Å². The Morgan fingerprint density at radius 3 is 2.67 bits per heavy atom. The van der Waals surface area contributed by atoms with Crippen molar-refractivity contribution >= 4 is 0 Å². The molecule has 0 aromatic carbocycles. The van der Waals surface area contributed by atoms with E-state index in [9.17, 15) is 0 Å². The van der Waals surface area contributed by atoms with Crippen molar-refractivity contribution in [1.82, 2.24) is 0 Å². The van der Waals surface area contributed by atoms with Crippen LogP contribution in [0.25, 0.3) is 0 Å². The fraction of sp³-hybridized carbons (Fsp3) is 1.00. The van der Waals surface area contributed by atoms with Crippen molar-refractivity contribution in [2.75, 3.05) is 19.8 Å². The molecule has 0 aromatic rings. The van der Waals surface area contributed by atoms with Gasteiger partial charge in [-0.3, -0.25) is 0 Å². The van der Waals surface area contributed by atoms with Crippen LogP contribution in [0.15, 0.2) is 0 Å². The second-order valence-electron chi connectivity index (χ2n) is 2.94. The Balaban J connectivity index is 1.46. The van der Waals surface area contributed by atoms with Crippen molar-refractivity contribution in [3.8, 4) is 0 Å². The van der Waals surface area contributed by atoms with Crippen LogP contribution in [-0.2, 0) is 9.47 Å². The van der Waals surface area contributed by atoms with Gasteiger partial charge in [-0.25, -0.2) is 0 Å². The fourth-order valence-electron chi connectivity index (χ4n) is 0.815. The molecule has 0 aromatic heterocycles. The highest BCUT2D eigenvalue weighted by Gasteiger charge is 2.25. The summed E-state index contributed by atoms with van der Waals surface area (Å²) >= 11 is 0. The highest BCUT2D eigenvalue weighted by molar-refractivity contribution is 4.73. The van der Waals surface area contributed by atoms with E-state index in [1.165, 1.54) is 12.8 Å². The van der Waals surface area contributed by atoms with Gasteiger partial charge in [0.1, 0.15) is 6.10 Å². The van der Waals surface area contributed by atoms with Gasteiger partial charge in [-0.15, -0.1) is 0 Å². The molecule has 0 spiro atoms. The lowest BCUT2D eigenvalue weighted by atomic mass is 10.4. The summed E-state index contributed by atoms with van der Waals surface area (Å²) in [5.74, 6) is 0.892. The lowest BCUT2D eigenvalue weighted by Crippen LogP contribution is -2.03. The topological polar surface area (TPSA) is 21.8 Å². The number of ether oxygens (including phenoxy) is 2. The Hall–Kier alpha value is -0.0800. The first-order valence-electron chi connectivity index (χ1n) is 3.64. The van der Waals surface area contributed by atoms with Crippen LogP contribution >= 0.6 is 0 Å². The summed E-state index contributed by atoms with van der Waals surface area (Å²) in [5.41, 5.74) is 0. The number of rotatable bonds is 4. The molecule has 1 aliphatic carbocycles. The van der Waals surface area contributed by atoms with E-state index >= 15 is 0 Å². The molecule has 52 valence electrons. The average molecular weight is 128 g/mol. The second-order valence-corrected chi connectivity index (χ2v) is 2.94. The Bertz CT molecular complexity index is 83.1. The van der Waals surface area contributed by atoms with Crippen LogP contribution in [-0.4, -0.2) is 25.9 Å². The predicted molar refractivity (Wildman–Crippen MR) is 33.3 cm³/mol. The SMILES string of the molecule is C1CC1COCC1CO1. The molecule has 9 heavy (non-hydrogen) atoms. The largest absolute Gasteiger partial charge is 0.378 e. The molecule has 0 radical (unpaired) electrons. The van der Waals surface area contributed by atoms with Gasteiger partial charge in [0.15, 0.2) is 0 Å². The van der Waals surface area contributed by atoms with E-state index in [0.717, 1.165) is 25.7 Å². The van der Waals surface area contributed by atoms with Crippen molar-refractivity contribution in [3.05, 3.63) is 0 Å². The van der Waals surface area contributed by atoms with Crippen molar-refractivity contribution in [3.63, 3.8) is 0 Å². The normalized spacial score (nSPS) is 32.7. The van der Waals surface area contributed by atoms with Gasteiger partial charge < -0.3 is 9.47 Å². The molecule has 0 amide bonds. The Morgan fingerprint density at radius 1 is 1.33 bits per heavy atom. The third-order valence-electron chi connectivity index (χ3n) is 1.76. The van der Waals surface area contributed by atoms with E-state index in [1.54, 1.807) is 0 Å². The van der Waals surface area contributed by atoms with Crippen LogP contribution < -0.4 is 0 Å². The zero-order valence-corrected chi connectivity index (χ0v) is 5.51. The van der Waals surface area contributed by atoms with E-state index < -0.39 is 0 Å². The first kappa shape index (κ1) is 5.69. The molecular weight excluding hydrogens is 116 g/mol. The number of epoxide rings is 1. The highest BCUT2D eigenvalue weighted by Crippen LogP contribution is 2.29. The lowest BCUT2D eigenvalue weighted by Gasteiger charge is -1.97. The molecular formula is C7H12O2. The predicted octanol–water partition coefficient (Wildman–Crippen LogP) is 0.812. The zero-order valence-electron chi connectivity index (χ0n) is 5.51. The van der Waals surface area contributed by atoms with Crippen LogP contribution in [0.4, 0.5) is 0 Å². The summed E-state index contributed by atoms with van der Waals surface area (Å²) < 4.78 is 10.3. The monoisotopic (exact) mass is 128 g/mol. The molecule has 1 atom stereocenters. The average Bonchev–Trinajstić information content (AvgIpc) is 2.57. The maximum Gasteiger partial charge on any atom is 0.104 e. The van der Waals surface area contributed by atoms with E-state index in [-0.39, 0.29) is 0 Å². The molecule has 2 heteroatoms. The van der Waals surface area contributed by atoms with Crippen molar-refractivity contribution in [2.24, 2.45) is 5.92 Å². The highest BCUT2D eigenvalue weighted by atomic mass is 16.6. The van der Waals surface area contributed by atoms with Crippen molar-refractivity contribution < 1.29 is 9.47 Å². The Labute approximate surface area is 55.1 Å². The quantitative estimate of drug-likeness (QED) is 0.523. The Kier molecular flexibility index (Phi) is 1.44. The Morgan fingerprint density at radius 2 is 2.11 bits per heavy atom. The molecule has 2 rings (SSSR count). The standard InChI is InChI=1S/C7H12O2/c1-2-6(1)3-8-4-7-5-9-7/h6-7H,1-5H2. The van der Waals surface area contributed by atoms with Gasteiger partial charge in [0.05, 0.1) is 13.2 Å². The zero-order chi connectivity index (χ0) is 6.10. The molecule has 2 fully saturated rings. The minimum absolute atomic E-state index is 0.448. The van der Waals surface area contributed by atoms with Crippen molar-refractivity contribution in [1.29, 1.82) is 0 Å². The van der Waals surface area contributed by atoms with Gasteiger partial charge >= 0.3 is 0 Å².